The summed E-state index contributed by atoms with van der Waals surface area (Å²) in [4.78, 5) is 0. The first-order valence-corrected chi connectivity index (χ1v) is 22.9. The molecule has 330 valence electrons. The smallest absolute Gasteiger partial charge is 0.0402 e. The normalized spacial score (nSPS) is 8.90. The molecule has 0 aliphatic rings. The molecule has 0 aromatic heterocycles. The first-order chi connectivity index (χ1) is 29.0. The summed E-state index contributed by atoms with van der Waals surface area (Å²) in [6.45, 7) is 35.2. The van der Waals surface area contributed by atoms with Gasteiger partial charge in [-0.1, -0.05) is 261 Å². The third-order valence-corrected chi connectivity index (χ3v) is 7.95. The summed E-state index contributed by atoms with van der Waals surface area (Å²) in [5, 5.41) is 7.57. The topological polar surface area (TPSA) is 20.2 Å². The maximum Gasteiger partial charge on any atom is 0.0402 e. The quantitative estimate of drug-likeness (QED) is 0.178. The minimum atomic E-state index is 0.250. The van der Waals surface area contributed by atoms with Crippen LogP contribution < -0.4 is 0 Å². The lowest BCUT2D eigenvalue weighted by Crippen LogP contribution is -1.88. The average Bonchev–Trinajstić information content (AvgIpc) is 3.26. The molecule has 0 bridgehead atoms. The predicted octanol–water partition coefficient (Wildman–Crippen LogP) is 17.6. The summed E-state index contributed by atoms with van der Waals surface area (Å²) in [6, 6.07) is 52.5. The van der Waals surface area contributed by atoms with E-state index in [1.54, 1.807) is 6.92 Å². The van der Waals surface area contributed by atoms with E-state index in [1.165, 1.54) is 79.6 Å². The van der Waals surface area contributed by atoms with Crippen molar-refractivity contribution in [1.82, 2.24) is 0 Å². The van der Waals surface area contributed by atoms with E-state index < -0.39 is 0 Å². The summed E-state index contributed by atoms with van der Waals surface area (Å²) in [5.74, 6) is 0. The van der Waals surface area contributed by atoms with Crippen LogP contribution in [0.5, 0.6) is 0 Å². The van der Waals surface area contributed by atoms with Crippen LogP contribution in [0.4, 0.5) is 0 Å². The van der Waals surface area contributed by atoms with Gasteiger partial charge in [0.15, 0.2) is 0 Å². The molecule has 1 N–H and O–H groups in total. The van der Waals surface area contributed by atoms with E-state index in [1.807, 2.05) is 41.5 Å². The van der Waals surface area contributed by atoms with Gasteiger partial charge in [0, 0.05) is 6.61 Å². The first-order valence-electron chi connectivity index (χ1n) is 22.9. The Balaban J connectivity index is -0.000000697. The molecule has 0 unspecified atom stereocenters. The van der Waals surface area contributed by atoms with Crippen molar-refractivity contribution in [2.45, 2.75) is 150 Å². The molecule has 0 amide bonds. The third-order valence-electron chi connectivity index (χ3n) is 7.95. The van der Waals surface area contributed by atoms with Crippen LogP contribution in [0.3, 0.4) is 0 Å². The highest BCUT2D eigenvalue weighted by Gasteiger charge is 1.98. The summed E-state index contributed by atoms with van der Waals surface area (Å²) in [6.07, 6.45) is 5.58. The predicted molar refractivity (Wildman–Crippen MR) is 274 cm³/mol. The Kier molecular flexibility index (Phi) is 40.8. The van der Waals surface area contributed by atoms with Crippen molar-refractivity contribution in [1.29, 1.82) is 0 Å². The highest BCUT2D eigenvalue weighted by molar-refractivity contribution is 5.32. The van der Waals surface area contributed by atoms with E-state index in [0.717, 1.165) is 19.3 Å². The summed E-state index contributed by atoms with van der Waals surface area (Å²) >= 11 is 0. The van der Waals surface area contributed by atoms with Gasteiger partial charge in [0.2, 0.25) is 0 Å². The highest BCUT2D eigenvalue weighted by Crippen LogP contribution is 2.14. The number of aliphatic hydroxyl groups excluding tert-OH is 1. The molecule has 0 aliphatic heterocycles. The maximum absolute atomic E-state index is 7.57. The maximum atomic E-state index is 7.57. The fourth-order valence-electron chi connectivity index (χ4n) is 4.94. The zero-order valence-electron chi connectivity index (χ0n) is 41.5. The van der Waals surface area contributed by atoms with E-state index in [9.17, 15) is 0 Å². The van der Waals surface area contributed by atoms with Gasteiger partial charge in [-0.2, -0.15) is 0 Å². The molecule has 0 spiro atoms. The van der Waals surface area contributed by atoms with E-state index >= 15 is 0 Å². The molecule has 0 heterocycles. The van der Waals surface area contributed by atoms with Gasteiger partial charge in [-0.25, -0.2) is 0 Å². The van der Waals surface area contributed by atoms with Gasteiger partial charge in [0.25, 0.3) is 0 Å². The lowest BCUT2D eigenvalue weighted by atomic mass is 10.0. The minimum absolute atomic E-state index is 0.250. The molecule has 0 saturated carbocycles. The summed E-state index contributed by atoms with van der Waals surface area (Å²) in [7, 11) is 0. The van der Waals surface area contributed by atoms with Gasteiger partial charge in [-0.3, -0.25) is 0 Å². The monoisotopic (exact) mass is 813 g/mol. The van der Waals surface area contributed by atoms with Crippen molar-refractivity contribution >= 4 is 0 Å². The number of aryl methyl sites for hydroxylation is 6. The van der Waals surface area contributed by atoms with Crippen LogP contribution in [0.25, 0.3) is 0 Å². The molecule has 6 aromatic rings. The Morgan fingerprint density at radius 2 is 0.333 bits per heavy atom. The second-order valence-electron chi connectivity index (χ2n) is 14.2. The van der Waals surface area contributed by atoms with Gasteiger partial charge in [-0.15, -0.1) is 0 Å². The van der Waals surface area contributed by atoms with E-state index in [-0.39, 0.29) is 6.61 Å². The number of aliphatic hydroxyl groups is 1. The van der Waals surface area contributed by atoms with Gasteiger partial charge < -0.3 is 5.11 Å². The summed E-state index contributed by atoms with van der Waals surface area (Å²) in [5.41, 5.74) is 16.2. The summed E-state index contributed by atoms with van der Waals surface area (Å²) < 4.78 is 0. The zero-order valence-corrected chi connectivity index (χ0v) is 41.5. The van der Waals surface area contributed by atoms with Crippen LogP contribution in [0.2, 0.25) is 0 Å². The van der Waals surface area contributed by atoms with E-state index in [4.69, 9.17) is 5.11 Å². The molecule has 0 radical (unpaired) electrons. The second kappa shape index (κ2) is 41.0. The lowest BCUT2D eigenvalue weighted by molar-refractivity contribution is 0.318. The number of hydrogen-bond acceptors (Lipinski definition) is 1. The minimum Gasteiger partial charge on any atom is -0.397 e. The Hall–Kier alpha value is -4.72. The van der Waals surface area contributed by atoms with Crippen LogP contribution in [-0.2, 0) is 19.3 Å². The molecule has 0 atom stereocenters. The molecule has 6 rings (SSSR count). The Bertz CT molecular complexity index is 1400. The molecular formula is C59H88O. The average molecular weight is 813 g/mol. The van der Waals surface area contributed by atoms with E-state index in [2.05, 4.69) is 215 Å². The van der Waals surface area contributed by atoms with Crippen LogP contribution in [0, 0.1) is 41.5 Å². The fraction of sp³-hybridized carbons (Fsp3) is 0.390. The Morgan fingerprint density at radius 3 is 0.417 bits per heavy atom. The Morgan fingerprint density at radius 1 is 0.250 bits per heavy atom. The Labute approximate surface area is 372 Å². The molecule has 0 fully saturated rings. The fourth-order valence-corrected chi connectivity index (χ4v) is 4.94. The molecule has 1 nitrogen and oxygen atoms in total. The molecule has 0 aliphatic carbocycles. The van der Waals surface area contributed by atoms with Crippen LogP contribution >= 0.6 is 0 Å². The number of rotatable bonds is 6. The molecular weight excluding hydrogens is 725 g/mol. The van der Waals surface area contributed by atoms with Crippen LogP contribution in [0.1, 0.15) is 156 Å². The van der Waals surface area contributed by atoms with Crippen molar-refractivity contribution in [3.63, 3.8) is 0 Å². The first kappa shape index (κ1) is 59.6. The third kappa shape index (κ3) is 32.2. The second-order valence-corrected chi connectivity index (χ2v) is 14.2. The molecule has 0 saturated heterocycles. The van der Waals surface area contributed by atoms with Crippen molar-refractivity contribution in [3.8, 4) is 0 Å². The van der Waals surface area contributed by atoms with Crippen LogP contribution in [0.15, 0.2) is 146 Å². The van der Waals surface area contributed by atoms with Crippen molar-refractivity contribution in [3.05, 3.63) is 212 Å². The number of hydrogen-bond donors (Lipinski definition) is 1. The van der Waals surface area contributed by atoms with Gasteiger partial charge in [-0.05, 0) is 101 Å². The SMILES string of the molecule is CC.CC.CC.CCC.CCC.CCO.Cc1ccc(Cc2ccc(C)cc2)cc1.Cc1ccc(Cc2ccc(C)cc2)cc1.Cc1ccc(Cc2ccc(C)cc2)cc1. The standard InChI is InChI=1S/3C15H16.2C3H8.C2H6O.3C2H6/c3*1-12-3-7-14(8-4-12)11-15-9-5-13(2)6-10-15;2*1-3-2;1-2-3;3*1-2/h3*3-10H,11H2,1-2H3;2*3H2,1-2H3;3H,2H2,1H3;3*1-2H3. The molecule has 60 heavy (non-hydrogen) atoms. The van der Waals surface area contributed by atoms with Gasteiger partial charge in [0.1, 0.15) is 0 Å². The molecule has 6 aromatic carbocycles. The lowest BCUT2D eigenvalue weighted by Gasteiger charge is -2.03. The zero-order chi connectivity index (χ0) is 46.1. The van der Waals surface area contributed by atoms with Gasteiger partial charge in [0.05, 0.1) is 0 Å². The van der Waals surface area contributed by atoms with Crippen molar-refractivity contribution in [2.24, 2.45) is 0 Å². The van der Waals surface area contributed by atoms with Crippen molar-refractivity contribution in [2.75, 3.05) is 6.61 Å². The van der Waals surface area contributed by atoms with Gasteiger partial charge >= 0.3 is 0 Å². The van der Waals surface area contributed by atoms with Crippen molar-refractivity contribution < 1.29 is 5.11 Å². The van der Waals surface area contributed by atoms with E-state index in [0.29, 0.717) is 0 Å². The van der Waals surface area contributed by atoms with Crippen LogP contribution in [-0.4, -0.2) is 11.7 Å². The molecule has 1 heteroatoms. The highest BCUT2D eigenvalue weighted by atomic mass is 16.2. The number of benzene rings is 6. The largest absolute Gasteiger partial charge is 0.397 e.